The van der Waals surface area contributed by atoms with E-state index < -0.39 is 10.0 Å². The molecule has 0 aromatic heterocycles. The van der Waals surface area contributed by atoms with E-state index in [0.717, 1.165) is 22.8 Å². The zero-order valence-electron chi connectivity index (χ0n) is 14.8. The molecule has 0 spiro atoms. The van der Waals surface area contributed by atoms with Crippen LogP contribution in [0.3, 0.4) is 0 Å². The topological polar surface area (TPSA) is 84.5 Å². The molecule has 6 nitrogen and oxygen atoms in total. The van der Waals surface area contributed by atoms with Gasteiger partial charge in [-0.3, -0.25) is 9.52 Å². The fraction of sp³-hybridized carbons (Fsp3) is 0.150. The predicted octanol–water partition coefficient (Wildman–Crippen LogP) is 3.02. The van der Waals surface area contributed by atoms with Gasteiger partial charge in [0.15, 0.2) is 0 Å². The number of amides is 1. The van der Waals surface area contributed by atoms with E-state index in [1.807, 2.05) is 42.5 Å². The minimum absolute atomic E-state index is 0.248. The van der Waals surface area contributed by atoms with Crippen LogP contribution < -0.4 is 14.8 Å². The molecule has 2 N–H and O–H groups in total. The van der Waals surface area contributed by atoms with Crippen LogP contribution in [0, 0.1) is 0 Å². The smallest absolute Gasteiger partial charge is 0.251 e. The molecular formula is C20H20N2O4S. The molecule has 0 heterocycles. The van der Waals surface area contributed by atoms with E-state index in [1.165, 1.54) is 0 Å². The predicted molar refractivity (Wildman–Crippen MR) is 107 cm³/mol. The standard InChI is InChI=1S/C20H20N2O4S/c1-27(24,25)22-17-11-9-16(10-12-17)20(23)21-13-14-26-19-8-4-6-15-5-2-3-7-18(15)19/h2-12,22H,13-14H2,1H3,(H,21,23). The Morgan fingerprint density at radius 1 is 0.963 bits per heavy atom. The van der Waals surface area contributed by atoms with Gasteiger partial charge in [0.05, 0.1) is 12.8 Å². The average molecular weight is 384 g/mol. The Hall–Kier alpha value is -3.06. The molecule has 0 unspecified atom stereocenters. The second-order valence-corrected chi connectivity index (χ2v) is 7.78. The summed E-state index contributed by atoms with van der Waals surface area (Å²) in [6.07, 6.45) is 1.07. The summed E-state index contributed by atoms with van der Waals surface area (Å²) in [5.74, 6) is 0.529. The third-order valence-corrected chi connectivity index (χ3v) is 4.45. The highest BCUT2D eigenvalue weighted by Gasteiger charge is 2.07. The number of benzene rings is 3. The molecular weight excluding hydrogens is 364 g/mol. The van der Waals surface area contributed by atoms with Crippen molar-refractivity contribution in [1.82, 2.24) is 5.32 Å². The maximum atomic E-state index is 12.2. The average Bonchev–Trinajstić information content (AvgIpc) is 2.64. The number of nitrogens with one attached hydrogen (secondary N) is 2. The molecule has 0 radical (unpaired) electrons. The van der Waals surface area contributed by atoms with Crippen molar-refractivity contribution in [3.8, 4) is 5.75 Å². The molecule has 3 rings (SSSR count). The number of carbonyl (C=O) groups excluding carboxylic acids is 1. The molecule has 0 aliphatic rings. The number of fused-ring (bicyclic) bond motifs is 1. The lowest BCUT2D eigenvalue weighted by Crippen LogP contribution is -2.28. The van der Waals surface area contributed by atoms with Crippen molar-refractivity contribution in [3.63, 3.8) is 0 Å². The summed E-state index contributed by atoms with van der Waals surface area (Å²) in [6.45, 7) is 0.693. The van der Waals surface area contributed by atoms with Gasteiger partial charge in [0.25, 0.3) is 5.91 Å². The second-order valence-electron chi connectivity index (χ2n) is 6.03. The fourth-order valence-corrected chi connectivity index (χ4v) is 3.22. The normalized spacial score (nSPS) is 11.1. The molecule has 27 heavy (non-hydrogen) atoms. The van der Waals surface area contributed by atoms with Crippen LogP contribution in [0.5, 0.6) is 5.75 Å². The van der Waals surface area contributed by atoms with Gasteiger partial charge in [-0.05, 0) is 35.7 Å². The molecule has 0 fully saturated rings. The van der Waals surface area contributed by atoms with Gasteiger partial charge in [-0.1, -0.05) is 36.4 Å². The fourth-order valence-electron chi connectivity index (χ4n) is 2.65. The number of hydrogen-bond donors (Lipinski definition) is 2. The van der Waals surface area contributed by atoms with E-state index in [2.05, 4.69) is 10.0 Å². The molecule has 3 aromatic rings. The third kappa shape index (κ3) is 5.21. The first-order chi connectivity index (χ1) is 12.9. The zero-order chi connectivity index (χ0) is 19.3. The van der Waals surface area contributed by atoms with Crippen LogP contribution >= 0.6 is 0 Å². The number of rotatable bonds is 7. The minimum atomic E-state index is -3.34. The third-order valence-electron chi connectivity index (χ3n) is 3.85. The van der Waals surface area contributed by atoms with Gasteiger partial charge in [0, 0.05) is 16.6 Å². The number of anilines is 1. The molecule has 0 saturated carbocycles. The first-order valence-electron chi connectivity index (χ1n) is 8.39. The second kappa shape index (κ2) is 8.09. The summed E-state index contributed by atoms with van der Waals surface area (Å²) in [6, 6.07) is 20.0. The Morgan fingerprint density at radius 3 is 2.41 bits per heavy atom. The van der Waals surface area contributed by atoms with Crippen molar-refractivity contribution in [2.24, 2.45) is 0 Å². The van der Waals surface area contributed by atoms with E-state index in [0.29, 0.717) is 24.4 Å². The summed E-state index contributed by atoms with van der Waals surface area (Å²) in [5.41, 5.74) is 0.854. The molecule has 0 bridgehead atoms. The molecule has 0 aliphatic carbocycles. The quantitative estimate of drug-likeness (QED) is 0.613. The van der Waals surface area contributed by atoms with Crippen molar-refractivity contribution in [3.05, 3.63) is 72.3 Å². The highest BCUT2D eigenvalue weighted by molar-refractivity contribution is 7.92. The van der Waals surface area contributed by atoms with Crippen LogP contribution in [0.25, 0.3) is 10.8 Å². The van der Waals surface area contributed by atoms with Gasteiger partial charge < -0.3 is 10.1 Å². The van der Waals surface area contributed by atoms with E-state index in [1.54, 1.807) is 24.3 Å². The zero-order valence-corrected chi connectivity index (χ0v) is 15.6. The molecule has 0 aliphatic heterocycles. The van der Waals surface area contributed by atoms with Crippen LogP contribution in [0.15, 0.2) is 66.7 Å². The number of hydrogen-bond acceptors (Lipinski definition) is 4. The molecule has 0 saturated heterocycles. The van der Waals surface area contributed by atoms with E-state index in [4.69, 9.17) is 4.74 Å². The van der Waals surface area contributed by atoms with Crippen LogP contribution in [0.4, 0.5) is 5.69 Å². The summed E-state index contributed by atoms with van der Waals surface area (Å²) in [4.78, 5) is 12.2. The lowest BCUT2D eigenvalue weighted by atomic mass is 10.1. The summed E-state index contributed by atoms with van der Waals surface area (Å²) in [7, 11) is -3.34. The Bertz CT molecular complexity index is 1040. The Kier molecular flexibility index (Phi) is 5.61. The van der Waals surface area contributed by atoms with E-state index in [9.17, 15) is 13.2 Å². The SMILES string of the molecule is CS(=O)(=O)Nc1ccc(C(=O)NCCOc2cccc3ccccc23)cc1. The van der Waals surface area contributed by atoms with Crippen LogP contribution in [-0.2, 0) is 10.0 Å². The first kappa shape index (κ1) is 18.7. The van der Waals surface area contributed by atoms with Crippen molar-refractivity contribution >= 4 is 32.4 Å². The molecule has 0 atom stereocenters. The van der Waals surface area contributed by atoms with E-state index in [-0.39, 0.29) is 5.91 Å². The summed E-state index contributed by atoms with van der Waals surface area (Å²) >= 11 is 0. The van der Waals surface area contributed by atoms with Gasteiger partial charge in [-0.25, -0.2) is 8.42 Å². The van der Waals surface area contributed by atoms with Crippen molar-refractivity contribution in [2.45, 2.75) is 0 Å². The Balaban J connectivity index is 1.52. The van der Waals surface area contributed by atoms with Gasteiger partial charge in [0.1, 0.15) is 12.4 Å². The minimum Gasteiger partial charge on any atom is -0.491 e. The number of ether oxygens (including phenoxy) is 1. The largest absolute Gasteiger partial charge is 0.491 e. The van der Waals surface area contributed by atoms with Crippen LogP contribution in [-0.4, -0.2) is 33.7 Å². The van der Waals surface area contributed by atoms with Crippen molar-refractivity contribution in [2.75, 3.05) is 24.1 Å². The molecule has 140 valence electrons. The summed E-state index contributed by atoms with van der Waals surface area (Å²) < 4.78 is 30.5. The highest BCUT2D eigenvalue weighted by Crippen LogP contribution is 2.24. The van der Waals surface area contributed by atoms with Gasteiger partial charge >= 0.3 is 0 Å². The monoisotopic (exact) mass is 384 g/mol. The molecule has 7 heteroatoms. The van der Waals surface area contributed by atoms with Gasteiger partial charge in [0.2, 0.25) is 10.0 Å². The molecule has 3 aromatic carbocycles. The van der Waals surface area contributed by atoms with Crippen LogP contribution in [0.1, 0.15) is 10.4 Å². The molecule has 1 amide bonds. The Labute approximate surface area is 158 Å². The van der Waals surface area contributed by atoms with Crippen molar-refractivity contribution in [1.29, 1.82) is 0 Å². The number of carbonyl (C=O) groups is 1. The van der Waals surface area contributed by atoms with Crippen molar-refractivity contribution < 1.29 is 17.9 Å². The van der Waals surface area contributed by atoms with E-state index >= 15 is 0 Å². The lowest BCUT2D eigenvalue weighted by molar-refractivity contribution is 0.0947. The van der Waals surface area contributed by atoms with Gasteiger partial charge in [-0.15, -0.1) is 0 Å². The highest BCUT2D eigenvalue weighted by atomic mass is 32.2. The first-order valence-corrected chi connectivity index (χ1v) is 10.3. The maximum absolute atomic E-state index is 12.2. The maximum Gasteiger partial charge on any atom is 0.251 e. The number of sulfonamides is 1. The van der Waals surface area contributed by atoms with Gasteiger partial charge in [-0.2, -0.15) is 0 Å². The lowest BCUT2D eigenvalue weighted by Gasteiger charge is -2.10. The Morgan fingerprint density at radius 2 is 1.67 bits per heavy atom. The summed E-state index contributed by atoms with van der Waals surface area (Å²) in [5, 5.41) is 4.91. The van der Waals surface area contributed by atoms with Crippen LogP contribution in [0.2, 0.25) is 0 Å².